The third-order valence-electron chi connectivity index (χ3n) is 7.76. The van der Waals surface area contributed by atoms with E-state index in [1.54, 1.807) is 15.8 Å². The first-order valence-corrected chi connectivity index (χ1v) is 12.7. The molecule has 2 aromatic heterocycles. The van der Waals surface area contributed by atoms with Crippen molar-refractivity contribution in [1.82, 2.24) is 14.8 Å². The molecule has 9 nitrogen and oxygen atoms in total. The van der Waals surface area contributed by atoms with Crippen LogP contribution in [-0.2, 0) is 24.7 Å². The molecule has 36 heavy (non-hydrogen) atoms. The molecule has 5 heterocycles. The van der Waals surface area contributed by atoms with Crippen LogP contribution in [0.5, 0.6) is 5.75 Å². The standard InChI is InChI=1S/C27H32N6O3/c1-16-9-21-23(31(3)27(16)36)12-25(32-8-6-19(34)15-32)29-26(21)33-7-4-5-17-10-20(24(35)11-22(17)33)18-13-28-30(2)14-18/h10-14,16,19,34-35H,4-9,15H2,1-3H3. The second-order valence-corrected chi connectivity index (χ2v) is 10.3. The lowest BCUT2D eigenvalue weighted by Crippen LogP contribution is -2.39. The van der Waals surface area contributed by atoms with Crippen molar-refractivity contribution in [3.63, 3.8) is 0 Å². The number of phenolic OH excluding ortho intramolecular Hbond substituents is 1. The summed E-state index contributed by atoms with van der Waals surface area (Å²) in [5.41, 5.74) is 5.70. The molecular formula is C27H32N6O3. The Kier molecular flexibility index (Phi) is 5.40. The Morgan fingerprint density at radius 1 is 1.11 bits per heavy atom. The van der Waals surface area contributed by atoms with Gasteiger partial charge in [0.1, 0.15) is 17.4 Å². The number of rotatable bonds is 3. The number of aryl methyl sites for hydroxylation is 2. The molecule has 1 fully saturated rings. The maximum atomic E-state index is 12.9. The van der Waals surface area contributed by atoms with E-state index in [1.165, 1.54) is 0 Å². The molecule has 0 aliphatic carbocycles. The number of phenols is 1. The fraction of sp³-hybridized carbons (Fsp3) is 0.444. The first-order valence-electron chi connectivity index (χ1n) is 12.7. The normalized spacial score (nSPS) is 21.7. The highest BCUT2D eigenvalue weighted by molar-refractivity contribution is 5.99. The monoisotopic (exact) mass is 488 g/mol. The molecule has 3 aliphatic heterocycles. The van der Waals surface area contributed by atoms with Crippen molar-refractivity contribution < 1.29 is 15.0 Å². The fourth-order valence-corrected chi connectivity index (χ4v) is 5.84. The van der Waals surface area contributed by atoms with Crippen LogP contribution in [0.25, 0.3) is 11.1 Å². The minimum atomic E-state index is -0.371. The van der Waals surface area contributed by atoms with Crippen LogP contribution in [-0.4, -0.2) is 63.7 Å². The fourth-order valence-electron chi connectivity index (χ4n) is 5.84. The van der Waals surface area contributed by atoms with E-state index in [4.69, 9.17) is 4.98 Å². The van der Waals surface area contributed by atoms with Crippen molar-refractivity contribution in [2.75, 3.05) is 41.4 Å². The van der Waals surface area contributed by atoms with E-state index in [0.29, 0.717) is 19.4 Å². The molecule has 1 aromatic carbocycles. The Morgan fingerprint density at radius 3 is 2.67 bits per heavy atom. The molecule has 0 bridgehead atoms. The molecule has 0 spiro atoms. The van der Waals surface area contributed by atoms with E-state index in [1.807, 2.05) is 39.3 Å². The van der Waals surface area contributed by atoms with Gasteiger partial charge >= 0.3 is 0 Å². The number of hydrogen-bond donors (Lipinski definition) is 2. The minimum Gasteiger partial charge on any atom is -0.507 e. The van der Waals surface area contributed by atoms with Crippen LogP contribution in [0.4, 0.5) is 23.0 Å². The van der Waals surface area contributed by atoms with Gasteiger partial charge in [0.2, 0.25) is 5.91 Å². The van der Waals surface area contributed by atoms with Gasteiger partial charge in [0.15, 0.2) is 0 Å². The van der Waals surface area contributed by atoms with E-state index in [0.717, 1.165) is 71.2 Å². The zero-order valence-electron chi connectivity index (χ0n) is 21.0. The van der Waals surface area contributed by atoms with E-state index >= 15 is 0 Å². The lowest BCUT2D eigenvalue weighted by molar-refractivity contribution is -0.121. The van der Waals surface area contributed by atoms with Gasteiger partial charge < -0.3 is 24.9 Å². The average molecular weight is 489 g/mol. The van der Waals surface area contributed by atoms with Gasteiger partial charge in [0.25, 0.3) is 0 Å². The number of carbonyl (C=O) groups is 1. The van der Waals surface area contributed by atoms with Crippen molar-refractivity contribution in [3.05, 3.63) is 41.7 Å². The second kappa shape index (κ2) is 8.51. The maximum Gasteiger partial charge on any atom is 0.229 e. The third kappa shape index (κ3) is 3.69. The summed E-state index contributed by atoms with van der Waals surface area (Å²) in [6.07, 6.45) is 6.49. The molecular weight excluding hydrogens is 456 g/mol. The number of aromatic nitrogens is 3. The van der Waals surface area contributed by atoms with Gasteiger partial charge in [-0.15, -0.1) is 0 Å². The lowest BCUT2D eigenvalue weighted by atomic mass is 9.92. The molecule has 1 saturated heterocycles. The van der Waals surface area contributed by atoms with Crippen LogP contribution < -0.4 is 14.7 Å². The maximum absolute atomic E-state index is 12.9. The topological polar surface area (TPSA) is 98.0 Å². The number of nitrogens with zero attached hydrogens (tertiary/aromatic N) is 6. The number of aliphatic hydroxyl groups excluding tert-OH is 1. The minimum absolute atomic E-state index is 0.102. The first-order chi connectivity index (χ1) is 17.3. The molecule has 2 atom stereocenters. The number of aromatic hydroxyl groups is 1. The number of β-amino-alcohol motifs (C(OH)–C–C–N with tert-alkyl or cyclic N) is 1. The van der Waals surface area contributed by atoms with Gasteiger partial charge in [0.05, 0.1) is 18.0 Å². The van der Waals surface area contributed by atoms with Gasteiger partial charge in [-0.25, -0.2) is 4.98 Å². The van der Waals surface area contributed by atoms with Gasteiger partial charge in [-0.1, -0.05) is 6.92 Å². The van der Waals surface area contributed by atoms with Crippen LogP contribution >= 0.6 is 0 Å². The SMILES string of the molecule is CC1Cc2c(cc(N3CCC(O)C3)nc2N2CCCc3cc(-c4cnn(C)c4)c(O)cc32)N(C)C1=O. The lowest BCUT2D eigenvalue weighted by Gasteiger charge is -2.37. The molecule has 6 rings (SSSR count). The Hall–Kier alpha value is -3.59. The Labute approximate surface area is 210 Å². The van der Waals surface area contributed by atoms with Crippen molar-refractivity contribution in [2.45, 2.75) is 38.7 Å². The largest absolute Gasteiger partial charge is 0.507 e. The van der Waals surface area contributed by atoms with Crippen molar-refractivity contribution in [1.29, 1.82) is 0 Å². The highest BCUT2D eigenvalue weighted by Gasteiger charge is 2.35. The number of carbonyl (C=O) groups excluding carboxylic acids is 1. The van der Waals surface area contributed by atoms with Gasteiger partial charge in [0, 0.05) is 80.4 Å². The molecule has 2 unspecified atom stereocenters. The summed E-state index contributed by atoms with van der Waals surface area (Å²) in [7, 11) is 3.70. The van der Waals surface area contributed by atoms with E-state index < -0.39 is 0 Å². The summed E-state index contributed by atoms with van der Waals surface area (Å²) < 4.78 is 1.73. The van der Waals surface area contributed by atoms with Crippen LogP contribution in [0.1, 0.15) is 30.9 Å². The Balaban J connectivity index is 1.49. The third-order valence-corrected chi connectivity index (χ3v) is 7.76. The summed E-state index contributed by atoms with van der Waals surface area (Å²) in [6, 6.07) is 5.91. The molecule has 2 N–H and O–H groups in total. The molecule has 3 aromatic rings. The van der Waals surface area contributed by atoms with Gasteiger partial charge in [-0.3, -0.25) is 9.48 Å². The Morgan fingerprint density at radius 2 is 1.94 bits per heavy atom. The molecule has 3 aliphatic rings. The predicted molar refractivity (Wildman–Crippen MR) is 139 cm³/mol. The van der Waals surface area contributed by atoms with Crippen LogP contribution in [0.3, 0.4) is 0 Å². The number of hydrogen-bond acceptors (Lipinski definition) is 7. The summed E-state index contributed by atoms with van der Waals surface area (Å²) in [6.45, 7) is 4.00. The summed E-state index contributed by atoms with van der Waals surface area (Å²) in [4.78, 5) is 24.1. The summed E-state index contributed by atoms with van der Waals surface area (Å²) in [5.74, 6) is 1.79. The number of fused-ring (bicyclic) bond motifs is 2. The van der Waals surface area contributed by atoms with E-state index in [-0.39, 0.29) is 23.7 Å². The van der Waals surface area contributed by atoms with E-state index in [2.05, 4.69) is 21.0 Å². The number of anilines is 4. The number of pyridine rings is 1. The number of amides is 1. The molecule has 0 saturated carbocycles. The molecule has 188 valence electrons. The van der Waals surface area contributed by atoms with Gasteiger partial charge in [-0.2, -0.15) is 5.10 Å². The molecule has 1 amide bonds. The highest BCUT2D eigenvalue weighted by atomic mass is 16.3. The van der Waals surface area contributed by atoms with Crippen molar-refractivity contribution >= 4 is 28.9 Å². The van der Waals surface area contributed by atoms with Crippen LogP contribution in [0, 0.1) is 5.92 Å². The average Bonchev–Trinajstić information content (AvgIpc) is 3.49. The number of benzene rings is 1. The van der Waals surface area contributed by atoms with E-state index in [9.17, 15) is 15.0 Å². The molecule has 0 radical (unpaired) electrons. The van der Waals surface area contributed by atoms with Gasteiger partial charge in [-0.05, 0) is 37.3 Å². The summed E-state index contributed by atoms with van der Waals surface area (Å²) in [5, 5.41) is 25.4. The highest BCUT2D eigenvalue weighted by Crippen LogP contribution is 2.45. The van der Waals surface area contributed by atoms with Crippen molar-refractivity contribution in [3.8, 4) is 16.9 Å². The first kappa shape index (κ1) is 22.8. The Bertz CT molecular complexity index is 1350. The zero-order valence-corrected chi connectivity index (χ0v) is 21.0. The van der Waals surface area contributed by atoms with Crippen LogP contribution in [0.15, 0.2) is 30.6 Å². The molecule has 9 heteroatoms. The summed E-state index contributed by atoms with van der Waals surface area (Å²) >= 11 is 0. The smallest absolute Gasteiger partial charge is 0.229 e. The number of aliphatic hydroxyl groups is 1. The second-order valence-electron chi connectivity index (χ2n) is 10.3. The van der Waals surface area contributed by atoms with Crippen LogP contribution in [0.2, 0.25) is 0 Å². The quantitative estimate of drug-likeness (QED) is 0.585. The van der Waals surface area contributed by atoms with Crippen molar-refractivity contribution in [2.24, 2.45) is 13.0 Å². The predicted octanol–water partition coefficient (Wildman–Crippen LogP) is 3.00. The zero-order chi connectivity index (χ0) is 25.1.